The minimum absolute atomic E-state index is 0.0189. The van der Waals surface area contributed by atoms with Gasteiger partial charge in [-0.25, -0.2) is 8.42 Å². The van der Waals surface area contributed by atoms with Crippen molar-refractivity contribution in [2.24, 2.45) is 0 Å². The molecule has 3 rings (SSSR count). The summed E-state index contributed by atoms with van der Waals surface area (Å²) in [5, 5.41) is 11.0. The van der Waals surface area contributed by atoms with Crippen LogP contribution in [0.25, 0.3) is 0 Å². The fourth-order valence-electron chi connectivity index (χ4n) is 2.78. The van der Waals surface area contributed by atoms with E-state index in [9.17, 15) is 18.5 Å². The molecule has 0 aliphatic carbocycles. The van der Waals surface area contributed by atoms with Gasteiger partial charge in [-0.3, -0.25) is 14.4 Å². The van der Waals surface area contributed by atoms with E-state index in [2.05, 4.69) is 0 Å². The minimum atomic E-state index is -3.91. The Morgan fingerprint density at radius 3 is 2.07 bits per heavy atom. The Morgan fingerprint density at radius 1 is 0.926 bits per heavy atom. The van der Waals surface area contributed by atoms with Crippen LogP contribution in [0, 0.1) is 17.0 Å². The van der Waals surface area contributed by atoms with Gasteiger partial charge in [-0.2, -0.15) is 0 Å². The summed E-state index contributed by atoms with van der Waals surface area (Å²) in [5.41, 5.74) is 1.55. The van der Waals surface area contributed by atoms with Crippen LogP contribution in [0.2, 0.25) is 0 Å². The molecule has 0 heterocycles. The topological polar surface area (TPSA) is 80.5 Å². The van der Waals surface area contributed by atoms with Crippen LogP contribution in [0.5, 0.6) is 0 Å². The lowest BCUT2D eigenvalue weighted by Gasteiger charge is -2.25. The molecule has 0 spiro atoms. The van der Waals surface area contributed by atoms with Gasteiger partial charge in [0.25, 0.3) is 15.7 Å². The van der Waals surface area contributed by atoms with E-state index >= 15 is 0 Å². The van der Waals surface area contributed by atoms with Crippen molar-refractivity contribution in [1.82, 2.24) is 0 Å². The number of nitrogens with zero attached hydrogens (tertiary/aromatic N) is 2. The summed E-state index contributed by atoms with van der Waals surface area (Å²) in [6.45, 7) is 1.68. The second-order valence-electron chi connectivity index (χ2n) is 6.04. The van der Waals surface area contributed by atoms with Crippen LogP contribution >= 0.6 is 0 Å². The average Bonchev–Trinajstić information content (AvgIpc) is 2.67. The van der Waals surface area contributed by atoms with Gasteiger partial charge in [0.2, 0.25) is 0 Å². The fourth-order valence-corrected chi connectivity index (χ4v) is 4.32. The van der Waals surface area contributed by atoms with Gasteiger partial charge in [-0.05, 0) is 36.8 Å². The van der Waals surface area contributed by atoms with Crippen molar-refractivity contribution in [3.05, 3.63) is 100 Å². The Kier molecular flexibility index (Phi) is 5.23. The fraction of sp³-hybridized carbons (Fsp3) is 0.100. The lowest BCUT2D eigenvalue weighted by molar-refractivity contribution is -0.385. The highest BCUT2D eigenvalue weighted by Gasteiger charge is 2.26. The standard InChI is InChI=1S/C20H18N2O4S/c1-16-14-19(12-13-20(16)22(23)24)27(25,26)21(18-10-6-3-7-11-18)15-17-8-4-2-5-9-17/h2-14H,15H2,1H3. The first-order valence-electron chi connectivity index (χ1n) is 8.26. The molecule has 0 unspecified atom stereocenters. The van der Waals surface area contributed by atoms with Crippen molar-refractivity contribution < 1.29 is 13.3 Å². The monoisotopic (exact) mass is 382 g/mol. The molecular weight excluding hydrogens is 364 g/mol. The van der Waals surface area contributed by atoms with E-state index in [1.54, 1.807) is 24.3 Å². The van der Waals surface area contributed by atoms with Crippen molar-refractivity contribution in [1.29, 1.82) is 0 Å². The quantitative estimate of drug-likeness (QED) is 0.470. The highest BCUT2D eigenvalue weighted by molar-refractivity contribution is 7.92. The molecule has 0 radical (unpaired) electrons. The molecule has 0 saturated carbocycles. The molecular formula is C20H18N2O4S. The van der Waals surface area contributed by atoms with Crippen molar-refractivity contribution in [2.45, 2.75) is 18.4 Å². The van der Waals surface area contributed by atoms with Crippen molar-refractivity contribution in [2.75, 3.05) is 4.31 Å². The molecule has 6 nitrogen and oxygen atoms in total. The summed E-state index contributed by atoms with van der Waals surface area (Å²) in [6, 6.07) is 21.9. The predicted octanol–water partition coefficient (Wildman–Crippen LogP) is 4.30. The van der Waals surface area contributed by atoms with Crippen molar-refractivity contribution in [3.63, 3.8) is 0 Å². The van der Waals surface area contributed by atoms with Gasteiger partial charge < -0.3 is 0 Å². The van der Waals surface area contributed by atoms with Gasteiger partial charge in [0, 0.05) is 11.6 Å². The summed E-state index contributed by atoms with van der Waals surface area (Å²) in [7, 11) is -3.91. The summed E-state index contributed by atoms with van der Waals surface area (Å²) < 4.78 is 28.0. The van der Waals surface area contributed by atoms with Gasteiger partial charge in [0.1, 0.15) is 0 Å². The molecule has 0 N–H and O–H groups in total. The third-order valence-corrected chi connectivity index (χ3v) is 5.94. The van der Waals surface area contributed by atoms with Crippen molar-refractivity contribution >= 4 is 21.4 Å². The van der Waals surface area contributed by atoms with Gasteiger partial charge in [-0.1, -0.05) is 48.5 Å². The lowest BCUT2D eigenvalue weighted by Crippen LogP contribution is -2.30. The zero-order valence-electron chi connectivity index (χ0n) is 14.6. The van der Waals surface area contributed by atoms with E-state index in [-0.39, 0.29) is 17.1 Å². The Balaban J connectivity index is 2.07. The van der Waals surface area contributed by atoms with Crippen LogP contribution in [0.3, 0.4) is 0 Å². The number of nitro benzene ring substituents is 1. The first-order chi connectivity index (χ1) is 12.9. The zero-order chi connectivity index (χ0) is 19.4. The van der Waals surface area contributed by atoms with Crippen LogP contribution in [-0.4, -0.2) is 13.3 Å². The number of para-hydroxylation sites is 1. The number of hydrogen-bond donors (Lipinski definition) is 0. The summed E-state index contributed by atoms with van der Waals surface area (Å²) >= 11 is 0. The molecule has 0 aliphatic rings. The summed E-state index contributed by atoms with van der Waals surface area (Å²) in [6.07, 6.45) is 0. The summed E-state index contributed by atoms with van der Waals surface area (Å²) in [5.74, 6) is 0. The van der Waals surface area contributed by atoms with E-state index in [1.165, 1.54) is 29.4 Å². The molecule has 0 amide bonds. The molecule has 0 aromatic heterocycles. The third-order valence-electron chi connectivity index (χ3n) is 4.17. The van der Waals surface area contributed by atoms with Gasteiger partial charge in [-0.15, -0.1) is 0 Å². The molecule has 0 fully saturated rings. The number of rotatable bonds is 6. The predicted molar refractivity (Wildman–Crippen MR) is 104 cm³/mol. The highest BCUT2D eigenvalue weighted by atomic mass is 32.2. The third kappa shape index (κ3) is 3.98. The van der Waals surface area contributed by atoms with Crippen LogP contribution < -0.4 is 4.31 Å². The maximum absolute atomic E-state index is 13.3. The first kappa shape index (κ1) is 18.6. The van der Waals surface area contributed by atoms with E-state index in [0.29, 0.717) is 11.3 Å². The van der Waals surface area contributed by atoms with Crippen LogP contribution in [0.4, 0.5) is 11.4 Å². The molecule has 0 saturated heterocycles. The number of sulfonamides is 1. The number of anilines is 1. The second kappa shape index (κ2) is 7.59. The average molecular weight is 382 g/mol. The zero-order valence-corrected chi connectivity index (χ0v) is 15.5. The number of nitro groups is 1. The maximum Gasteiger partial charge on any atom is 0.272 e. The Hall–Kier alpha value is -3.19. The van der Waals surface area contributed by atoms with Gasteiger partial charge in [0.15, 0.2) is 0 Å². The lowest BCUT2D eigenvalue weighted by atomic mass is 10.2. The molecule has 0 atom stereocenters. The van der Waals surface area contributed by atoms with E-state index < -0.39 is 14.9 Å². The Bertz CT molecular complexity index is 1050. The van der Waals surface area contributed by atoms with Gasteiger partial charge >= 0.3 is 0 Å². The highest BCUT2D eigenvalue weighted by Crippen LogP contribution is 2.28. The van der Waals surface area contributed by atoms with E-state index in [1.807, 2.05) is 36.4 Å². The first-order valence-corrected chi connectivity index (χ1v) is 9.70. The van der Waals surface area contributed by atoms with E-state index in [0.717, 1.165) is 5.56 Å². The molecule has 27 heavy (non-hydrogen) atoms. The van der Waals surface area contributed by atoms with E-state index in [4.69, 9.17) is 0 Å². The Morgan fingerprint density at radius 2 is 1.52 bits per heavy atom. The minimum Gasteiger partial charge on any atom is -0.262 e. The number of aryl methyl sites for hydroxylation is 1. The summed E-state index contributed by atoms with van der Waals surface area (Å²) in [4.78, 5) is 10.5. The van der Waals surface area contributed by atoms with Crippen LogP contribution in [0.15, 0.2) is 83.8 Å². The second-order valence-corrected chi connectivity index (χ2v) is 7.90. The molecule has 0 aliphatic heterocycles. The molecule has 138 valence electrons. The SMILES string of the molecule is Cc1cc(S(=O)(=O)N(Cc2ccccc2)c2ccccc2)ccc1[N+](=O)[O-]. The smallest absolute Gasteiger partial charge is 0.262 e. The maximum atomic E-state index is 13.3. The van der Waals surface area contributed by atoms with Crippen molar-refractivity contribution in [3.8, 4) is 0 Å². The van der Waals surface area contributed by atoms with Gasteiger partial charge in [0.05, 0.1) is 22.1 Å². The van der Waals surface area contributed by atoms with Crippen LogP contribution in [0.1, 0.15) is 11.1 Å². The molecule has 3 aromatic rings. The molecule has 7 heteroatoms. The Labute approximate surface area is 157 Å². The molecule has 0 bridgehead atoms. The number of hydrogen-bond acceptors (Lipinski definition) is 4. The largest absolute Gasteiger partial charge is 0.272 e. The molecule has 3 aromatic carbocycles. The number of benzene rings is 3. The normalized spacial score (nSPS) is 11.1. The van der Waals surface area contributed by atoms with Crippen LogP contribution in [-0.2, 0) is 16.6 Å².